The van der Waals surface area contributed by atoms with Crippen molar-refractivity contribution >= 4 is 23.8 Å². The molecule has 1 N–H and O–H groups in total. The van der Waals surface area contributed by atoms with Crippen LogP contribution in [0.1, 0.15) is 48.2 Å². The summed E-state index contributed by atoms with van der Waals surface area (Å²) in [7, 11) is 1.41. The third-order valence-corrected chi connectivity index (χ3v) is 8.34. The Kier molecular flexibility index (Phi) is 8.21. The predicted octanol–water partition coefficient (Wildman–Crippen LogP) is 3.83. The van der Waals surface area contributed by atoms with Gasteiger partial charge < -0.3 is 24.6 Å². The van der Waals surface area contributed by atoms with Gasteiger partial charge in [0.05, 0.1) is 11.1 Å². The fourth-order valence-corrected chi connectivity index (χ4v) is 5.85. The second-order valence-electron chi connectivity index (χ2n) is 11.5. The molecule has 14 heteroatoms. The van der Waals surface area contributed by atoms with E-state index in [0.29, 0.717) is 42.9 Å². The van der Waals surface area contributed by atoms with Gasteiger partial charge in [-0.15, -0.1) is 0 Å². The molecule has 2 aromatic carbocycles. The minimum atomic E-state index is -4.79. The monoisotopic (exact) mass is 620 g/mol. The molecule has 3 aliphatic rings. The molecule has 0 aromatic heterocycles. The first-order chi connectivity index (χ1) is 20.7. The molecule has 3 aliphatic heterocycles. The lowest BCUT2D eigenvalue weighted by Crippen LogP contribution is -2.60. The molecule has 2 aromatic rings. The van der Waals surface area contributed by atoms with Gasteiger partial charge in [-0.1, -0.05) is 19.9 Å². The van der Waals surface area contributed by atoms with Crippen molar-refractivity contribution in [3.63, 3.8) is 0 Å². The predicted molar refractivity (Wildman–Crippen MR) is 147 cm³/mol. The molecule has 1 spiro atoms. The molecule has 0 bridgehead atoms. The topological polar surface area (TPSA) is 108 Å². The Hall–Kier alpha value is -4.36. The fourth-order valence-electron chi connectivity index (χ4n) is 5.85. The molecule has 3 heterocycles. The number of piperidine rings is 1. The van der Waals surface area contributed by atoms with Crippen LogP contribution in [-0.2, 0) is 22.3 Å². The number of nitrogens with one attached hydrogen (secondary N) is 1. The van der Waals surface area contributed by atoms with Crippen LogP contribution in [-0.4, -0.2) is 83.4 Å². The maximum absolute atomic E-state index is 14.4. The van der Waals surface area contributed by atoms with Crippen LogP contribution in [0.25, 0.3) is 0 Å². The van der Waals surface area contributed by atoms with E-state index in [0.717, 1.165) is 10.5 Å². The lowest BCUT2D eigenvalue weighted by molar-refractivity contribution is -0.142. The van der Waals surface area contributed by atoms with Gasteiger partial charge in [0, 0.05) is 26.7 Å². The molecule has 0 radical (unpaired) electrons. The Morgan fingerprint density at radius 3 is 2.30 bits per heavy atom. The zero-order valence-corrected chi connectivity index (χ0v) is 24.4. The molecule has 1 unspecified atom stereocenters. The number of nitrogens with zero attached hydrogens (tertiary/aromatic N) is 3. The van der Waals surface area contributed by atoms with Gasteiger partial charge in [0.2, 0.25) is 5.91 Å². The number of carbonyl (C=O) groups excluding carboxylic acids is 4. The molecule has 236 valence electrons. The van der Waals surface area contributed by atoms with Gasteiger partial charge in [-0.2, -0.15) is 13.2 Å². The number of likely N-dealkylation sites (N-methyl/N-ethyl adjacent to an activating group) is 1. The largest absolute Gasteiger partial charge is 0.486 e. The van der Waals surface area contributed by atoms with E-state index in [1.54, 1.807) is 32.0 Å². The summed E-state index contributed by atoms with van der Waals surface area (Å²) in [4.78, 5) is 57.1. The van der Waals surface area contributed by atoms with Crippen LogP contribution in [0.2, 0.25) is 0 Å². The zero-order valence-electron chi connectivity index (χ0n) is 24.4. The van der Waals surface area contributed by atoms with E-state index in [2.05, 4.69) is 5.32 Å². The molecule has 10 nitrogen and oxygen atoms in total. The van der Waals surface area contributed by atoms with Crippen molar-refractivity contribution in [1.82, 2.24) is 20.0 Å². The summed E-state index contributed by atoms with van der Waals surface area (Å²) < 4.78 is 65.1. The highest BCUT2D eigenvalue weighted by atomic mass is 19.4. The summed E-state index contributed by atoms with van der Waals surface area (Å²) >= 11 is 0. The quantitative estimate of drug-likeness (QED) is 0.389. The number of imide groups is 1. The van der Waals surface area contributed by atoms with Crippen molar-refractivity contribution in [3.8, 4) is 11.5 Å². The molecule has 2 saturated heterocycles. The van der Waals surface area contributed by atoms with Crippen molar-refractivity contribution < 1.29 is 46.2 Å². The van der Waals surface area contributed by atoms with Crippen molar-refractivity contribution in [3.05, 3.63) is 58.9 Å². The molecule has 1 atom stereocenters. The molecule has 0 saturated carbocycles. The maximum Gasteiger partial charge on any atom is 0.416 e. The second kappa shape index (κ2) is 11.6. The summed E-state index contributed by atoms with van der Waals surface area (Å²) in [5, 5.41) is 2.40. The number of likely N-dealkylation sites (tertiary alicyclic amines) is 1. The SMILES string of the molecule is CC(C)C(NC(=O)c1cc(C(F)(F)F)ccc1F)C(=O)N1CCC2(CC1)C(=O)N(C)C(=O)N2Cc1ccc2c(c1)OCCO2. The molecule has 2 fully saturated rings. The number of hydrogen-bond acceptors (Lipinski definition) is 6. The Bertz CT molecular complexity index is 1490. The summed E-state index contributed by atoms with van der Waals surface area (Å²) in [6.45, 7) is 4.35. The van der Waals surface area contributed by atoms with Crippen LogP contribution in [0.15, 0.2) is 36.4 Å². The van der Waals surface area contributed by atoms with Gasteiger partial charge in [-0.3, -0.25) is 19.3 Å². The van der Waals surface area contributed by atoms with E-state index in [4.69, 9.17) is 9.47 Å². The van der Waals surface area contributed by atoms with Gasteiger partial charge in [-0.25, -0.2) is 9.18 Å². The van der Waals surface area contributed by atoms with Crippen LogP contribution in [0.3, 0.4) is 0 Å². The van der Waals surface area contributed by atoms with E-state index in [1.807, 2.05) is 0 Å². The van der Waals surface area contributed by atoms with Gasteiger partial charge in [0.1, 0.15) is 30.6 Å². The van der Waals surface area contributed by atoms with Crippen LogP contribution in [0, 0.1) is 11.7 Å². The number of ether oxygens (including phenoxy) is 2. The molecule has 5 amide bonds. The number of halogens is 4. The van der Waals surface area contributed by atoms with Crippen LogP contribution in [0.5, 0.6) is 11.5 Å². The normalized spacial score (nSPS) is 18.7. The fraction of sp³-hybridized carbons (Fsp3) is 0.467. The van der Waals surface area contributed by atoms with Gasteiger partial charge in [0.15, 0.2) is 11.5 Å². The van der Waals surface area contributed by atoms with Crippen LogP contribution >= 0.6 is 0 Å². The highest BCUT2D eigenvalue weighted by molar-refractivity contribution is 6.07. The van der Waals surface area contributed by atoms with Gasteiger partial charge in [-0.05, 0) is 54.7 Å². The molecule has 5 rings (SSSR count). The standard InChI is InChI=1S/C30H32F4N4O6/c1-17(2)24(35-25(39)20-15-19(30(32,33)34)5-6-21(20)31)26(40)37-10-8-29(9-11-37)27(41)36(3)28(42)38(29)16-18-4-7-22-23(14-18)44-13-12-43-22/h4-7,14-15,17,24H,8-13,16H2,1-3H3,(H,35,39). The van der Waals surface area contributed by atoms with Crippen molar-refractivity contribution in [2.24, 2.45) is 5.92 Å². The lowest BCUT2D eigenvalue weighted by Gasteiger charge is -2.43. The van der Waals surface area contributed by atoms with E-state index < -0.39 is 58.5 Å². The first kappa shape index (κ1) is 31.1. The number of amides is 5. The van der Waals surface area contributed by atoms with Crippen LogP contribution in [0.4, 0.5) is 22.4 Å². The second-order valence-corrected chi connectivity index (χ2v) is 11.5. The minimum absolute atomic E-state index is 0.0698. The average Bonchev–Trinajstić information content (AvgIpc) is 3.15. The van der Waals surface area contributed by atoms with Crippen LogP contribution < -0.4 is 14.8 Å². The summed E-state index contributed by atoms with van der Waals surface area (Å²) in [5.41, 5.74) is -2.50. The number of fused-ring (bicyclic) bond motifs is 1. The van der Waals surface area contributed by atoms with E-state index >= 15 is 0 Å². The number of urea groups is 1. The van der Waals surface area contributed by atoms with Gasteiger partial charge in [0.25, 0.3) is 11.8 Å². The lowest BCUT2D eigenvalue weighted by atomic mass is 9.85. The van der Waals surface area contributed by atoms with E-state index in [9.17, 15) is 36.7 Å². The Morgan fingerprint density at radius 1 is 1.00 bits per heavy atom. The van der Waals surface area contributed by atoms with Gasteiger partial charge >= 0.3 is 12.2 Å². The molecular formula is C30H32F4N4O6. The highest BCUT2D eigenvalue weighted by Crippen LogP contribution is 2.39. The Balaban J connectivity index is 1.31. The summed E-state index contributed by atoms with van der Waals surface area (Å²) in [6.07, 6.45) is -4.54. The first-order valence-electron chi connectivity index (χ1n) is 14.2. The average molecular weight is 621 g/mol. The smallest absolute Gasteiger partial charge is 0.416 e. The van der Waals surface area contributed by atoms with Crippen molar-refractivity contribution in [2.45, 2.75) is 51.0 Å². The molecular weight excluding hydrogens is 588 g/mol. The molecule has 0 aliphatic carbocycles. The number of benzene rings is 2. The number of carbonyl (C=O) groups is 4. The maximum atomic E-state index is 14.4. The summed E-state index contributed by atoms with van der Waals surface area (Å²) in [5.74, 6) is -2.59. The highest BCUT2D eigenvalue weighted by Gasteiger charge is 2.57. The number of rotatable bonds is 6. The summed E-state index contributed by atoms with van der Waals surface area (Å²) in [6, 6.07) is 5.15. The van der Waals surface area contributed by atoms with E-state index in [1.165, 1.54) is 16.8 Å². The third kappa shape index (κ3) is 5.64. The van der Waals surface area contributed by atoms with Crippen molar-refractivity contribution in [1.29, 1.82) is 0 Å². The zero-order chi connectivity index (χ0) is 32.0. The third-order valence-electron chi connectivity index (χ3n) is 8.34. The number of hydrogen-bond donors (Lipinski definition) is 1. The van der Waals surface area contributed by atoms with E-state index in [-0.39, 0.29) is 38.4 Å². The minimum Gasteiger partial charge on any atom is -0.486 e. The Morgan fingerprint density at radius 2 is 1.66 bits per heavy atom. The van der Waals surface area contributed by atoms with Crippen molar-refractivity contribution in [2.75, 3.05) is 33.4 Å². The number of alkyl halides is 3. The Labute approximate surface area is 250 Å². The molecule has 44 heavy (non-hydrogen) atoms. The first-order valence-corrected chi connectivity index (χ1v) is 14.2.